The minimum absolute atomic E-state index is 0.0803. The molecule has 7 heteroatoms. The Morgan fingerprint density at radius 3 is 2.35 bits per heavy atom. The van der Waals surface area contributed by atoms with E-state index in [4.69, 9.17) is 14.2 Å². The smallest absolute Gasteiger partial charge is 0.164 e. The monoisotopic (exact) mass is 618 g/mol. The van der Waals surface area contributed by atoms with Crippen LogP contribution in [0.4, 0.5) is 0 Å². The lowest BCUT2D eigenvalue weighted by Crippen LogP contribution is -2.72. The highest BCUT2D eigenvalue weighted by Gasteiger charge is 2.71. The summed E-state index contributed by atoms with van der Waals surface area (Å²) in [5.41, 5.74) is -2.05. The maximum absolute atomic E-state index is 13.5. The first-order valence-electron chi connectivity index (χ1n) is 17.4. The van der Waals surface area contributed by atoms with Gasteiger partial charge in [0.2, 0.25) is 0 Å². The molecular weight excluding hydrogens is 559 g/mol. The number of hydrogen-bond acceptors (Lipinski definition) is 6. The topological polar surface area (TPSA) is 88.4 Å². The van der Waals surface area contributed by atoms with Crippen molar-refractivity contribution < 1.29 is 29.5 Å². The number of aliphatic hydroxyl groups is 3. The van der Waals surface area contributed by atoms with Crippen LogP contribution < -0.4 is 0 Å². The van der Waals surface area contributed by atoms with Crippen molar-refractivity contribution in [3.8, 4) is 0 Å². The highest BCUT2D eigenvalue weighted by Crippen LogP contribution is 2.67. The summed E-state index contributed by atoms with van der Waals surface area (Å²) >= 11 is 0. The van der Waals surface area contributed by atoms with E-state index in [-0.39, 0.29) is 22.9 Å². The van der Waals surface area contributed by atoms with Gasteiger partial charge < -0.3 is 29.5 Å². The first-order chi connectivity index (χ1) is 20.3. The van der Waals surface area contributed by atoms with Crippen LogP contribution in [-0.2, 0) is 14.2 Å². The van der Waals surface area contributed by atoms with E-state index >= 15 is 0 Å². The second-order valence-corrected chi connectivity index (χ2v) is 17.3. The Morgan fingerprint density at radius 2 is 1.77 bits per heavy atom. The Bertz CT molecular complexity index is 1050. The molecule has 5 saturated carbocycles. The molecule has 1 saturated heterocycles. The number of rotatable bonds is 8. The Morgan fingerprint density at radius 1 is 1.12 bits per heavy atom. The molecule has 1 heterocycles. The molecule has 0 spiro atoms. The van der Waals surface area contributed by atoms with E-state index < -0.39 is 41.4 Å². The summed E-state index contributed by atoms with van der Waals surface area (Å²) < 4.78 is 19.4. The van der Waals surface area contributed by atoms with E-state index in [0.717, 1.165) is 36.7 Å². The summed E-state index contributed by atoms with van der Waals surface area (Å²) in [6.45, 7) is 15.0. The Hall–Kier alpha value is -0.330. The van der Waals surface area contributed by atoms with Crippen LogP contribution in [0.3, 0.4) is 0 Å². The van der Waals surface area contributed by atoms with Crippen LogP contribution >= 0.6 is 9.24 Å². The van der Waals surface area contributed by atoms with Crippen molar-refractivity contribution in [3.05, 3.63) is 24.3 Å². The molecule has 0 radical (unpaired) electrons. The average Bonchev–Trinajstić information content (AvgIpc) is 3.33. The zero-order valence-corrected chi connectivity index (χ0v) is 28.5. The maximum Gasteiger partial charge on any atom is 0.164 e. The third kappa shape index (κ3) is 5.35. The number of hydrogen-bond donors (Lipinski definition) is 3. The van der Waals surface area contributed by atoms with Gasteiger partial charge in [0.15, 0.2) is 12.1 Å². The quantitative estimate of drug-likeness (QED) is 0.166. The van der Waals surface area contributed by atoms with Gasteiger partial charge in [-0.25, -0.2) is 0 Å². The van der Waals surface area contributed by atoms with Gasteiger partial charge in [-0.3, -0.25) is 0 Å². The van der Waals surface area contributed by atoms with Gasteiger partial charge in [-0.2, -0.15) is 0 Å². The lowest BCUT2D eigenvalue weighted by molar-refractivity contribution is -0.327. The lowest BCUT2D eigenvalue weighted by Gasteiger charge is -2.58. The third-order valence-corrected chi connectivity index (χ3v) is 13.9. The van der Waals surface area contributed by atoms with E-state index in [1.165, 1.54) is 38.5 Å². The molecule has 0 aromatic heterocycles. The van der Waals surface area contributed by atoms with Crippen LogP contribution in [0.2, 0.25) is 0 Å². The molecule has 0 aromatic rings. The first kappa shape index (κ1) is 32.6. The van der Waals surface area contributed by atoms with E-state index in [1.54, 1.807) is 0 Å². The van der Waals surface area contributed by atoms with Gasteiger partial charge >= 0.3 is 0 Å². The number of aliphatic hydroxyl groups excluding tert-OH is 2. The minimum atomic E-state index is -1.69. The molecule has 6 nitrogen and oxygen atoms in total. The lowest BCUT2D eigenvalue weighted by atomic mass is 9.50. The van der Waals surface area contributed by atoms with Crippen molar-refractivity contribution >= 4 is 9.24 Å². The molecule has 7 aliphatic rings. The van der Waals surface area contributed by atoms with E-state index in [2.05, 4.69) is 35.7 Å². The summed E-state index contributed by atoms with van der Waals surface area (Å²) in [7, 11) is 2.99. The normalized spacial score (nSPS) is 47.8. The van der Waals surface area contributed by atoms with Crippen LogP contribution in [0.5, 0.6) is 0 Å². The molecular formula is C36H59O6P. The molecule has 0 aromatic carbocycles. The Kier molecular flexibility index (Phi) is 8.89. The molecule has 3 unspecified atom stereocenters. The predicted octanol–water partition coefficient (Wildman–Crippen LogP) is 6.38. The second kappa shape index (κ2) is 11.7. The number of ether oxygens (including phenoxy) is 3. The summed E-state index contributed by atoms with van der Waals surface area (Å²) in [6, 6.07) is 0. The molecule has 0 amide bonds. The van der Waals surface area contributed by atoms with Crippen molar-refractivity contribution in [2.45, 2.75) is 147 Å². The molecule has 11 atom stereocenters. The van der Waals surface area contributed by atoms with Crippen molar-refractivity contribution in [2.24, 2.45) is 46.3 Å². The standard InChI is InChI=1S/C36H59O6P/c1-7-27(41-29(37)14-13-23-15-21-9-10-22(16-23)12-11-21)36(39)32-25(20-40-34(5,6)42-32)17-26-30-24(19-33(30,3)4)18-28(43)35(36,8-2)31(26)38/h8,17,21-24,26-32,37-39H,2,7,9-16,18-20,43H2,1,3-6H3/t21?,22?,23?,24-,26-,27-,28+,29?,30+,31?,32+,35-,36+/m0/s1. The van der Waals surface area contributed by atoms with Gasteiger partial charge in [0, 0.05) is 5.92 Å². The van der Waals surface area contributed by atoms with Crippen LogP contribution in [0, 0.1) is 46.3 Å². The highest BCUT2D eigenvalue weighted by molar-refractivity contribution is 7.17. The second-order valence-electron chi connectivity index (χ2n) is 16.5. The van der Waals surface area contributed by atoms with Crippen LogP contribution in [0.25, 0.3) is 0 Å². The van der Waals surface area contributed by atoms with E-state index in [0.29, 0.717) is 31.3 Å². The maximum atomic E-state index is 13.5. The summed E-state index contributed by atoms with van der Waals surface area (Å²) in [6.07, 6.45) is 12.4. The fraction of sp³-hybridized carbons (Fsp3) is 0.889. The third-order valence-electron chi connectivity index (χ3n) is 13.1. The predicted molar refractivity (Wildman–Crippen MR) is 172 cm³/mol. The molecule has 3 N–H and O–H groups in total. The van der Waals surface area contributed by atoms with Gasteiger partial charge in [-0.05, 0) is 105 Å². The summed E-state index contributed by atoms with van der Waals surface area (Å²) in [5, 5.41) is 37.5. The molecule has 244 valence electrons. The fourth-order valence-electron chi connectivity index (χ4n) is 11.2. The van der Waals surface area contributed by atoms with Gasteiger partial charge in [-0.1, -0.05) is 58.6 Å². The van der Waals surface area contributed by atoms with Gasteiger partial charge in [0.1, 0.15) is 11.7 Å². The van der Waals surface area contributed by atoms with Gasteiger partial charge in [0.05, 0.1) is 24.2 Å². The number of fused-ring (bicyclic) bond motifs is 9. The van der Waals surface area contributed by atoms with Crippen LogP contribution in [0.1, 0.15) is 105 Å². The van der Waals surface area contributed by atoms with Crippen molar-refractivity contribution in [1.29, 1.82) is 0 Å². The Labute approximate surface area is 262 Å². The SMILES string of the molecule is C=C[C@]12C(O)[C@@H](C=C3COC(C)(C)O[C@H]3[C@]1(O)[C@H](CC)OC(O)CCC1CC3CCC(CC3)C1)[C@H]1[C@@H](C[C@H]2P)CC1(C)C. The van der Waals surface area contributed by atoms with Crippen molar-refractivity contribution in [3.63, 3.8) is 0 Å². The van der Waals surface area contributed by atoms with Crippen LogP contribution in [0.15, 0.2) is 24.3 Å². The minimum Gasteiger partial charge on any atom is -0.391 e. The first-order valence-corrected chi connectivity index (χ1v) is 18.1. The highest BCUT2D eigenvalue weighted by atomic mass is 31.0. The van der Waals surface area contributed by atoms with E-state index in [1.807, 2.05) is 26.8 Å². The molecule has 7 rings (SSSR count). The van der Waals surface area contributed by atoms with Gasteiger partial charge in [0.25, 0.3) is 0 Å². The molecule has 1 aliphatic heterocycles. The fourth-order valence-corrected chi connectivity index (χ4v) is 12.1. The average molecular weight is 619 g/mol. The molecule has 6 fully saturated rings. The van der Waals surface area contributed by atoms with Crippen molar-refractivity contribution in [2.75, 3.05) is 6.61 Å². The van der Waals surface area contributed by atoms with Crippen molar-refractivity contribution in [1.82, 2.24) is 0 Å². The molecule has 4 bridgehead atoms. The summed E-state index contributed by atoms with van der Waals surface area (Å²) in [4.78, 5) is 0. The van der Waals surface area contributed by atoms with Crippen LogP contribution in [-0.4, -0.2) is 63.6 Å². The summed E-state index contributed by atoms with van der Waals surface area (Å²) in [5.74, 6) is 1.93. The van der Waals surface area contributed by atoms with Gasteiger partial charge in [-0.15, -0.1) is 15.8 Å². The molecule has 6 aliphatic carbocycles. The molecule has 43 heavy (non-hydrogen) atoms. The Balaban J connectivity index is 1.34. The zero-order valence-electron chi connectivity index (χ0n) is 27.3. The largest absolute Gasteiger partial charge is 0.391 e. The zero-order chi connectivity index (χ0) is 30.9. The van der Waals surface area contributed by atoms with E-state index in [9.17, 15) is 15.3 Å².